The zero-order chi connectivity index (χ0) is 25.1. The van der Waals surface area contributed by atoms with Gasteiger partial charge in [-0.2, -0.15) is 4.98 Å². The zero-order valence-electron chi connectivity index (χ0n) is 20.8. The van der Waals surface area contributed by atoms with Crippen molar-refractivity contribution in [3.05, 3.63) is 23.1 Å². The Morgan fingerprint density at radius 1 is 1.14 bits per heavy atom. The molecule has 35 heavy (non-hydrogen) atoms. The first kappa shape index (κ1) is 24.3. The Morgan fingerprint density at radius 2 is 1.89 bits per heavy atom. The van der Waals surface area contributed by atoms with E-state index >= 15 is 0 Å². The Hall–Kier alpha value is -2.40. The van der Waals surface area contributed by atoms with Crippen molar-refractivity contribution in [2.75, 3.05) is 17.2 Å². The summed E-state index contributed by atoms with van der Waals surface area (Å²) in [6, 6.07) is 1.79. The van der Waals surface area contributed by atoms with E-state index in [1.165, 1.54) is 12.8 Å². The smallest absolute Gasteiger partial charge is 0.225 e. The van der Waals surface area contributed by atoms with Crippen molar-refractivity contribution in [1.82, 2.24) is 19.9 Å². The normalized spacial score (nSPS) is 27.4. The van der Waals surface area contributed by atoms with E-state index < -0.39 is 23.7 Å². The van der Waals surface area contributed by atoms with Crippen LogP contribution in [-0.4, -0.2) is 65.7 Å². The Morgan fingerprint density at radius 3 is 2.54 bits per heavy atom. The molecule has 3 aromatic heterocycles. The summed E-state index contributed by atoms with van der Waals surface area (Å²) >= 11 is 1.56. The van der Waals surface area contributed by atoms with Gasteiger partial charge in [0.25, 0.3) is 0 Å². The largest absolute Gasteiger partial charge is 0.396 e. The number of nitrogens with one attached hydrogen (secondary N) is 2. The number of aryl methyl sites for hydroxylation is 3. The van der Waals surface area contributed by atoms with Crippen molar-refractivity contribution < 1.29 is 15.3 Å². The molecule has 3 aromatic rings. The summed E-state index contributed by atoms with van der Waals surface area (Å²) < 4.78 is 1.04. The fourth-order valence-electron chi connectivity index (χ4n) is 5.15. The van der Waals surface area contributed by atoms with Gasteiger partial charge in [0, 0.05) is 24.3 Å². The summed E-state index contributed by atoms with van der Waals surface area (Å²) in [4.78, 5) is 19.1. The molecule has 2 aliphatic rings. The molecule has 0 amide bonds. The number of thiazole rings is 1. The number of fused-ring (bicyclic) bond motifs is 1. The highest BCUT2D eigenvalue weighted by molar-refractivity contribution is 7.21. The molecule has 5 atom stereocenters. The SMILES string of the molecule is Cc1cc2sc(-c3c(C)nc(N[C@H](C)C4CC4)nc3N[C@@H]3C[C@H](CO)[C@@H](O)[C@@]3(C)O)nc2c(C)n1. The fraction of sp³-hybridized carbons (Fsp3) is 0.600. The minimum absolute atomic E-state index is 0.194. The van der Waals surface area contributed by atoms with Crippen LogP contribution < -0.4 is 10.6 Å². The molecular weight excluding hydrogens is 464 g/mol. The van der Waals surface area contributed by atoms with E-state index in [1.54, 1.807) is 18.3 Å². The van der Waals surface area contributed by atoms with E-state index in [4.69, 9.17) is 15.0 Å². The van der Waals surface area contributed by atoms with E-state index in [0.717, 1.165) is 37.9 Å². The first-order valence-corrected chi connectivity index (χ1v) is 13.1. The predicted molar refractivity (Wildman–Crippen MR) is 138 cm³/mol. The molecule has 5 rings (SSSR count). The highest BCUT2D eigenvalue weighted by Gasteiger charge is 2.50. The van der Waals surface area contributed by atoms with Crippen molar-refractivity contribution in [3.63, 3.8) is 0 Å². The van der Waals surface area contributed by atoms with Crippen LogP contribution in [0, 0.1) is 32.6 Å². The number of anilines is 2. The maximum absolute atomic E-state index is 11.1. The van der Waals surface area contributed by atoms with E-state index in [0.29, 0.717) is 24.1 Å². The lowest BCUT2D eigenvalue weighted by molar-refractivity contribution is -0.0647. The number of aliphatic hydroxyl groups is 3. The quantitative estimate of drug-likeness (QED) is 0.333. The molecular formula is C25H34N6O3S. The number of rotatable bonds is 7. The lowest BCUT2D eigenvalue weighted by Crippen LogP contribution is -2.48. The molecule has 3 heterocycles. The van der Waals surface area contributed by atoms with E-state index in [9.17, 15) is 15.3 Å². The van der Waals surface area contributed by atoms with Crippen LogP contribution in [0.2, 0.25) is 0 Å². The summed E-state index contributed by atoms with van der Waals surface area (Å²) in [6.45, 7) is 9.42. The van der Waals surface area contributed by atoms with Crippen molar-refractivity contribution >= 4 is 33.3 Å². The van der Waals surface area contributed by atoms with Crippen LogP contribution in [0.25, 0.3) is 20.8 Å². The molecule has 0 saturated heterocycles. The summed E-state index contributed by atoms with van der Waals surface area (Å²) in [5.41, 5.74) is 2.78. The number of hydrogen-bond donors (Lipinski definition) is 5. The third kappa shape index (κ3) is 4.48. The summed E-state index contributed by atoms with van der Waals surface area (Å²) in [5.74, 6) is 1.30. The number of aromatic nitrogens is 4. The zero-order valence-corrected chi connectivity index (χ0v) is 21.6. The van der Waals surface area contributed by atoms with Crippen molar-refractivity contribution in [2.45, 2.75) is 77.7 Å². The average Bonchev–Trinajstić information content (AvgIpc) is 3.51. The molecule has 0 spiro atoms. The minimum atomic E-state index is -1.43. The van der Waals surface area contributed by atoms with Gasteiger partial charge in [0.2, 0.25) is 5.95 Å². The van der Waals surface area contributed by atoms with Crippen molar-refractivity contribution in [3.8, 4) is 10.6 Å². The molecule has 2 saturated carbocycles. The molecule has 0 aliphatic heterocycles. The van der Waals surface area contributed by atoms with Gasteiger partial charge in [0.1, 0.15) is 21.9 Å². The summed E-state index contributed by atoms with van der Waals surface area (Å²) in [6.07, 6.45) is 1.79. The maximum Gasteiger partial charge on any atom is 0.225 e. The minimum Gasteiger partial charge on any atom is -0.396 e. The van der Waals surface area contributed by atoms with Crippen molar-refractivity contribution in [1.29, 1.82) is 0 Å². The molecule has 0 unspecified atom stereocenters. The number of pyridine rings is 1. The lowest BCUT2D eigenvalue weighted by atomic mass is 9.96. The molecule has 10 heteroatoms. The number of aliphatic hydroxyl groups excluding tert-OH is 2. The van der Waals surface area contributed by atoms with Gasteiger partial charge >= 0.3 is 0 Å². The van der Waals surface area contributed by atoms with Crippen molar-refractivity contribution in [2.24, 2.45) is 11.8 Å². The van der Waals surface area contributed by atoms with Crippen LogP contribution in [0.1, 0.15) is 50.2 Å². The van der Waals surface area contributed by atoms with Crippen LogP contribution in [-0.2, 0) is 0 Å². The molecule has 2 fully saturated rings. The summed E-state index contributed by atoms with van der Waals surface area (Å²) in [5, 5.41) is 39.0. The monoisotopic (exact) mass is 498 g/mol. The fourth-order valence-corrected chi connectivity index (χ4v) is 6.36. The Balaban J connectivity index is 1.59. The predicted octanol–water partition coefficient (Wildman–Crippen LogP) is 3.19. The topological polar surface area (TPSA) is 136 Å². The molecule has 0 bridgehead atoms. The first-order chi connectivity index (χ1) is 16.6. The van der Waals surface area contributed by atoms with E-state index in [2.05, 4.69) is 22.5 Å². The van der Waals surface area contributed by atoms with Crippen LogP contribution >= 0.6 is 11.3 Å². The van der Waals surface area contributed by atoms with Gasteiger partial charge in [-0.25, -0.2) is 9.97 Å². The third-order valence-electron chi connectivity index (χ3n) is 7.50. The molecule has 9 nitrogen and oxygen atoms in total. The average molecular weight is 499 g/mol. The second-order valence-electron chi connectivity index (χ2n) is 10.4. The van der Waals surface area contributed by atoms with Gasteiger partial charge in [0.05, 0.1) is 33.8 Å². The Bertz CT molecular complexity index is 1260. The Kier molecular flexibility index (Phi) is 6.19. The highest BCUT2D eigenvalue weighted by Crippen LogP contribution is 2.41. The van der Waals surface area contributed by atoms with E-state index in [-0.39, 0.29) is 12.6 Å². The Labute approximate surface area is 209 Å². The van der Waals surface area contributed by atoms with Crippen LogP contribution in [0.15, 0.2) is 6.07 Å². The maximum atomic E-state index is 11.1. The summed E-state index contributed by atoms with van der Waals surface area (Å²) in [7, 11) is 0. The second-order valence-corrected chi connectivity index (χ2v) is 11.4. The number of nitrogens with zero attached hydrogens (tertiary/aromatic N) is 4. The number of hydrogen-bond acceptors (Lipinski definition) is 10. The molecule has 2 aliphatic carbocycles. The van der Waals surface area contributed by atoms with Gasteiger partial charge in [-0.05, 0) is 65.9 Å². The van der Waals surface area contributed by atoms with Gasteiger partial charge in [0.15, 0.2) is 0 Å². The van der Waals surface area contributed by atoms with Gasteiger partial charge in [-0.1, -0.05) is 0 Å². The lowest BCUT2D eigenvalue weighted by Gasteiger charge is -2.30. The van der Waals surface area contributed by atoms with Crippen LogP contribution in [0.4, 0.5) is 11.8 Å². The third-order valence-corrected chi connectivity index (χ3v) is 8.52. The molecule has 0 radical (unpaired) electrons. The van der Waals surface area contributed by atoms with Crippen LogP contribution in [0.5, 0.6) is 0 Å². The standard InChI is InChI=1S/C25H34N6O3S/c1-11-8-17-20(14(4)26-11)30-23(35-17)19-13(3)28-24(27-12(2)15-6-7-15)31-22(19)29-18-9-16(10-32)21(33)25(18,5)34/h8,12,15-16,18,21,32-34H,6-7,9-10H2,1-5H3,(H2,27,28,29,31)/t12-,16-,18-,21-,25+/m1/s1. The van der Waals surface area contributed by atoms with Crippen LogP contribution in [0.3, 0.4) is 0 Å². The second kappa shape index (κ2) is 8.92. The van der Waals surface area contributed by atoms with Gasteiger partial charge in [-0.15, -0.1) is 11.3 Å². The molecule has 188 valence electrons. The molecule has 5 N–H and O–H groups in total. The molecule has 0 aromatic carbocycles. The first-order valence-electron chi connectivity index (χ1n) is 12.3. The van der Waals surface area contributed by atoms with Gasteiger partial charge in [-0.3, -0.25) is 4.98 Å². The van der Waals surface area contributed by atoms with Gasteiger partial charge < -0.3 is 26.0 Å². The van der Waals surface area contributed by atoms with E-state index in [1.807, 2.05) is 26.8 Å². The highest BCUT2D eigenvalue weighted by atomic mass is 32.1.